The second-order valence-corrected chi connectivity index (χ2v) is 2.60. The minimum absolute atomic E-state index is 0.409. The van der Waals surface area contributed by atoms with Gasteiger partial charge in [0, 0.05) is 5.56 Å². The van der Waals surface area contributed by atoms with E-state index in [0.717, 1.165) is 11.1 Å². The van der Waals surface area contributed by atoms with Crippen molar-refractivity contribution in [2.24, 2.45) is 5.73 Å². The smallest absolute Gasteiger partial charge is 0.249 e. The highest BCUT2D eigenvalue weighted by Gasteiger charge is 2.05. The summed E-state index contributed by atoms with van der Waals surface area (Å²) in [6.45, 7) is 5.55. The topological polar surface area (TPSA) is 43.1 Å². The van der Waals surface area contributed by atoms with E-state index in [1.54, 1.807) is 12.1 Å². The summed E-state index contributed by atoms with van der Waals surface area (Å²) >= 11 is 0. The Balaban J connectivity index is 3.37. The molecule has 0 unspecified atom stereocenters. The highest BCUT2D eigenvalue weighted by Crippen LogP contribution is 2.14. The van der Waals surface area contributed by atoms with Crippen molar-refractivity contribution in [1.82, 2.24) is 0 Å². The molecule has 0 radical (unpaired) electrons. The fourth-order valence-corrected chi connectivity index (χ4v) is 1.17. The van der Waals surface area contributed by atoms with Crippen LogP contribution in [0.1, 0.15) is 21.5 Å². The van der Waals surface area contributed by atoms with Crippen LogP contribution in [-0.4, -0.2) is 5.91 Å². The number of nitrogens with two attached hydrogens (primary N) is 1. The first-order chi connectivity index (χ1) is 5.66. The van der Waals surface area contributed by atoms with E-state index in [-0.39, 0.29) is 0 Å². The molecule has 1 rings (SSSR count). The molecule has 0 atom stereocenters. The maximum atomic E-state index is 10.9. The van der Waals surface area contributed by atoms with Crippen LogP contribution in [0.25, 0.3) is 6.08 Å². The Kier molecular flexibility index (Phi) is 2.29. The molecule has 0 aromatic heterocycles. The molecule has 2 N–H and O–H groups in total. The van der Waals surface area contributed by atoms with Crippen molar-refractivity contribution in [3.63, 3.8) is 0 Å². The third-order valence-corrected chi connectivity index (χ3v) is 1.79. The first-order valence-corrected chi connectivity index (χ1v) is 3.68. The average molecular weight is 161 g/mol. The van der Waals surface area contributed by atoms with Crippen molar-refractivity contribution in [3.8, 4) is 0 Å². The van der Waals surface area contributed by atoms with Gasteiger partial charge in [0.25, 0.3) is 0 Å². The minimum atomic E-state index is -0.409. The van der Waals surface area contributed by atoms with Gasteiger partial charge < -0.3 is 5.73 Å². The summed E-state index contributed by atoms with van der Waals surface area (Å²) in [6.07, 6.45) is 1.65. The first-order valence-electron chi connectivity index (χ1n) is 3.68. The van der Waals surface area contributed by atoms with Crippen LogP contribution in [0.3, 0.4) is 0 Å². The first kappa shape index (κ1) is 8.53. The van der Waals surface area contributed by atoms with Crippen LogP contribution in [0, 0.1) is 6.92 Å². The molecule has 0 saturated heterocycles. The van der Waals surface area contributed by atoms with Gasteiger partial charge in [-0.25, -0.2) is 0 Å². The molecule has 0 aliphatic carbocycles. The van der Waals surface area contributed by atoms with Crippen molar-refractivity contribution >= 4 is 12.0 Å². The summed E-state index contributed by atoms with van der Waals surface area (Å²) in [6, 6.07) is 5.43. The Morgan fingerprint density at radius 3 is 2.67 bits per heavy atom. The minimum Gasteiger partial charge on any atom is -0.366 e. The van der Waals surface area contributed by atoms with Gasteiger partial charge in [0.05, 0.1) is 0 Å². The molecular weight excluding hydrogens is 150 g/mol. The lowest BCUT2D eigenvalue weighted by Gasteiger charge is -2.04. The lowest BCUT2D eigenvalue weighted by molar-refractivity contribution is 0.1000. The summed E-state index contributed by atoms with van der Waals surface area (Å²) in [5.41, 5.74) is 7.54. The standard InChI is InChI=1S/C10H11NO/c1-3-8-7(2)5-4-6-9(8)10(11)12/h3-6H,1H2,2H3,(H2,11,12). The Hall–Kier alpha value is -1.57. The van der Waals surface area contributed by atoms with E-state index < -0.39 is 5.91 Å². The molecule has 1 amide bonds. The molecule has 0 bridgehead atoms. The Labute approximate surface area is 71.7 Å². The summed E-state index contributed by atoms with van der Waals surface area (Å²) in [4.78, 5) is 10.9. The van der Waals surface area contributed by atoms with Gasteiger partial charge >= 0.3 is 0 Å². The monoisotopic (exact) mass is 161 g/mol. The van der Waals surface area contributed by atoms with E-state index in [4.69, 9.17) is 5.73 Å². The predicted molar refractivity (Wildman–Crippen MR) is 49.8 cm³/mol. The van der Waals surface area contributed by atoms with Gasteiger partial charge in [-0.2, -0.15) is 0 Å². The zero-order valence-electron chi connectivity index (χ0n) is 7.00. The number of aryl methyl sites for hydroxylation is 1. The number of primary amides is 1. The lowest BCUT2D eigenvalue weighted by Crippen LogP contribution is -2.12. The quantitative estimate of drug-likeness (QED) is 0.705. The maximum Gasteiger partial charge on any atom is 0.249 e. The number of carbonyl (C=O) groups is 1. The summed E-state index contributed by atoms with van der Waals surface area (Å²) in [5.74, 6) is -0.409. The summed E-state index contributed by atoms with van der Waals surface area (Å²) < 4.78 is 0. The molecule has 0 aliphatic rings. The van der Waals surface area contributed by atoms with Crippen molar-refractivity contribution in [2.45, 2.75) is 6.92 Å². The zero-order valence-corrected chi connectivity index (χ0v) is 7.00. The Bertz CT molecular complexity index is 329. The molecule has 0 spiro atoms. The molecule has 62 valence electrons. The van der Waals surface area contributed by atoms with Gasteiger partial charge in [-0.05, 0) is 24.1 Å². The number of amides is 1. The van der Waals surface area contributed by atoms with Crippen molar-refractivity contribution in [3.05, 3.63) is 41.5 Å². The van der Waals surface area contributed by atoms with E-state index in [2.05, 4.69) is 6.58 Å². The molecular formula is C10H11NO. The highest BCUT2D eigenvalue weighted by atomic mass is 16.1. The van der Waals surface area contributed by atoms with Crippen LogP contribution in [0.2, 0.25) is 0 Å². The molecule has 0 aliphatic heterocycles. The highest BCUT2D eigenvalue weighted by molar-refractivity contribution is 5.96. The van der Waals surface area contributed by atoms with Crippen molar-refractivity contribution < 1.29 is 4.79 Å². The van der Waals surface area contributed by atoms with Gasteiger partial charge in [-0.15, -0.1) is 0 Å². The number of rotatable bonds is 2. The van der Waals surface area contributed by atoms with Gasteiger partial charge in [0.1, 0.15) is 0 Å². The van der Waals surface area contributed by atoms with E-state index in [1.165, 1.54) is 0 Å². The van der Waals surface area contributed by atoms with Crippen molar-refractivity contribution in [2.75, 3.05) is 0 Å². The molecule has 0 fully saturated rings. The lowest BCUT2D eigenvalue weighted by atomic mass is 10.0. The number of hydrogen-bond donors (Lipinski definition) is 1. The molecule has 1 aromatic rings. The zero-order chi connectivity index (χ0) is 9.14. The third-order valence-electron chi connectivity index (χ3n) is 1.79. The molecule has 2 heteroatoms. The Morgan fingerprint density at radius 2 is 2.25 bits per heavy atom. The van der Waals surface area contributed by atoms with Crippen LogP contribution in [0.15, 0.2) is 24.8 Å². The van der Waals surface area contributed by atoms with Crippen molar-refractivity contribution in [1.29, 1.82) is 0 Å². The SMILES string of the molecule is C=Cc1c(C)cccc1C(N)=O. The van der Waals surface area contributed by atoms with E-state index in [0.29, 0.717) is 5.56 Å². The summed E-state index contributed by atoms with van der Waals surface area (Å²) in [5, 5.41) is 0. The molecule has 1 aromatic carbocycles. The second-order valence-electron chi connectivity index (χ2n) is 2.60. The molecule has 0 heterocycles. The van der Waals surface area contributed by atoms with E-state index in [9.17, 15) is 4.79 Å². The van der Waals surface area contributed by atoms with Crippen LogP contribution in [0.5, 0.6) is 0 Å². The largest absolute Gasteiger partial charge is 0.366 e. The predicted octanol–water partition coefficient (Wildman–Crippen LogP) is 1.74. The van der Waals surface area contributed by atoms with Gasteiger partial charge in [0.2, 0.25) is 5.91 Å². The molecule has 0 saturated carbocycles. The second kappa shape index (κ2) is 3.22. The summed E-state index contributed by atoms with van der Waals surface area (Å²) in [7, 11) is 0. The van der Waals surface area contributed by atoms with Crippen LogP contribution < -0.4 is 5.73 Å². The van der Waals surface area contributed by atoms with Crippen LogP contribution >= 0.6 is 0 Å². The van der Waals surface area contributed by atoms with E-state index in [1.807, 2.05) is 19.1 Å². The third kappa shape index (κ3) is 1.37. The molecule has 2 nitrogen and oxygen atoms in total. The Morgan fingerprint density at radius 1 is 1.58 bits per heavy atom. The average Bonchev–Trinajstić information content (AvgIpc) is 2.03. The van der Waals surface area contributed by atoms with Gasteiger partial charge in [-0.3, -0.25) is 4.79 Å². The number of benzene rings is 1. The van der Waals surface area contributed by atoms with E-state index >= 15 is 0 Å². The normalized spacial score (nSPS) is 9.42. The van der Waals surface area contributed by atoms with Crippen LogP contribution in [0.4, 0.5) is 0 Å². The van der Waals surface area contributed by atoms with Crippen LogP contribution in [-0.2, 0) is 0 Å². The molecule has 12 heavy (non-hydrogen) atoms. The van der Waals surface area contributed by atoms with Gasteiger partial charge in [-0.1, -0.05) is 24.8 Å². The fraction of sp³-hybridized carbons (Fsp3) is 0.100. The fourth-order valence-electron chi connectivity index (χ4n) is 1.17. The van der Waals surface area contributed by atoms with Gasteiger partial charge in [0.15, 0.2) is 0 Å². The number of carbonyl (C=O) groups excluding carboxylic acids is 1. The maximum absolute atomic E-state index is 10.9. The number of hydrogen-bond acceptors (Lipinski definition) is 1.